The van der Waals surface area contributed by atoms with Gasteiger partial charge in [0.1, 0.15) is 6.61 Å². The molecule has 0 radical (unpaired) electrons. The highest BCUT2D eigenvalue weighted by Crippen LogP contribution is 2.05. The second-order valence-electron chi connectivity index (χ2n) is 4.48. The van der Waals surface area contributed by atoms with E-state index in [0.29, 0.717) is 19.7 Å². The fraction of sp³-hybridized carbons (Fsp3) is 0.500. The molecule has 0 saturated heterocycles. The Labute approximate surface area is 108 Å². The Bertz CT molecular complexity index is 353. The molecule has 0 spiro atoms. The Hall–Kier alpha value is -1.39. The third kappa shape index (κ3) is 5.29. The summed E-state index contributed by atoms with van der Waals surface area (Å²) in [6.07, 6.45) is 0. The number of nitrogens with zero attached hydrogens (tertiary/aromatic N) is 1. The van der Waals surface area contributed by atoms with Gasteiger partial charge in [-0.15, -0.1) is 0 Å². The first-order chi connectivity index (χ1) is 8.63. The quantitative estimate of drug-likeness (QED) is 0.742. The van der Waals surface area contributed by atoms with Gasteiger partial charge in [0.25, 0.3) is 0 Å². The Morgan fingerprint density at radius 3 is 2.67 bits per heavy atom. The molecule has 100 valence electrons. The molecule has 0 saturated carbocycles. The molecule has 0 bridgehead atoms. The largest absolute Gasteiger partial charge is 0.461 e. The van der Waals surface area contributed by atoms with Crippen LogP contribution in [0.4, 0.5) is 0 Å². The zero-order valence-electron chi connectivity index (χ0n) is 11.0. The lowest BCUT2D eigenvalue weighted by molar-refractivity contribution is -0.149. The summed E-state index contributed by atoms with van der Waals surface area (Å²) < 4.78 is 5.24. The van der Waals surface area contributed by atoms with Crippen LogP contribution in [-0.2, 0) is 16.1 Å². The predicted octanol–water partition coefficient (Wildman–Crippen LogP) is 1.29. The van der Waals surface area contributed by atoms with Crippen molar-refractivity contribution in [3.05, 3.63) is 35.9 Å². The summed E-state index contributed by atoms with van der Waals surface area (Å²) in [4.78, 5) is 13.7. The van der Waals surface area contributed by atoms with Crippen molar-refractivity contribution in [3.8, 4) is 0 Å². The number of rotatable bonds is 7. The van der Waals surface area contributed by atoms with E-state index >= 15 is 0 Å². The van der Waals surface area contributed by atoms with E-state index < -0.39 is 0 Å². The maximum Gasteiger partial charge on any atom is 0.310 e. The van der Waals surface area contributed by atoms with Gasteiger partial charge < -0.3 is 14.7 Å². The average Bonchev–Trinajstić information content (AvgIpc) is 2.37. The maximum atomic E-state index is 11.7. The van der Waals surface area contributed by atoms with Gasteiger partial charge in [0, 0.05) is 13.1 Å². The molecule has 4 nitrogen and oxygen atoms in total. The SMILES string of the molecule is CC(CN(C)CCO)C(=O)OCc1ccccc1. The number of carbonyl (C=O) groups excluding carboxylic acids is 1. The number of aliphatic hydroxyl groups excluding tert-OH is 1. The molecule has 4 heteroatoms. The molecular formula is C14H21NO3. The fourth-order valence-corrected chi connectivity index (χ4v) is 1.68. The van der Waals surface area contributed by atoms with Crippen molar-refractivity contribution >= 4 is 5.97 Å². The lowest BCUT2D eigenvalue weighted by atomic mass is 10.1. The number of benzene rings is 1. The molecule has 0 aliphatic heterocycles. The summed E-state index contributed by atoms with van der Waals surface area (Å²) in [5.74, 6) is -0.395. The molecule has 0 aliphatic carbocycles. The van der Waals surface area contributed by atoms with E-state index in [1.807, 2.05) is 49.2 Å². The van der Waals surface area contributed by atoms with Crippen molar-refractivity contribution in [2.75, 3.05) is 26.7 Å². The van der Waals surface area contributed by atoms with E-state index in [1.54, 1.807) is 0 Å². The van der Waals surface area contributed by atoms with Gasteiger partial charge in [0.05, 0.1) is 12.5 Å². The minimum absolute atomic E-state index is 0.0995. The third-order valence-electron chi connectivity index (χ3n) is 2.69. The second-order valence-corrected chi connectivity index (χ2v) is 4.48. The lowest BCUT2D eigenvalue weighted by Gasteiger charge is -2.19. The summed E-state index contributed by atoms with van der Waals surface area (Å²) in [6.45, 7) is 3.40. The molecule has 0 aromatic heterocycles. The smallest absolute Gasteiger partial charge is 0.310 e. The summed E-state index contributed by atoms with van der Waals surface area (Å²) in [7, 11) is 1.87. The van der Waals surface area contributed by atoms with Gasteiger partial charge in [-0.25, -0.2) is 0 Å². The van der Waals surface area contributed by atoms with Crippen molar-refractivity contribution in [3.63, 3.8) is 0 Å². The van der Waals surface area contributed by atoms with Crippen LogP contribution >= 0.6 is 0 Å². The molecular weight excluding hydrogens is 230 g/mol. The van der Waals surface area contributed by atoms with Crippen LogP contribution in [0.25, 0.3) is 0 Å². The van der Waals surface area contributed by atoms with Crippen LogP contribution in [0.2, 0.25) is 0 Å². The standard InChI is InChI=1S/C14H21NO3/c1-12(10-15(2)8-9-16)14(17)18-11-13-6-4-3-5-7-13/h3-7,12,16H,8-11H2,1-2H3. The van der Waals surface area contributed by atoms with Gasteiger partial charge in [0.2, 0.25) is 0 Å². The highest BCUT2D eigenvalue weighted by Gasteiger charge is 2.16. The highest BCUT2D eigenvalue weighted by molar-refractivity contribution is 5.72. The Kier molecular flexibility index (Phi) is 6.39. The van der Waals surface area contributed by atoms with Crippen molar-refractivity contribution < 1.29 is 14.6 Å². The molecule has 1 atom stereocenters. The van der Waals surface area contributed by atoms with Crippen LogP contribution in [0, 0.1) is 5.92 Å². The number of hydrogen-bond donors (Lipinski definition) is 1. The molecule has 0 heterocycles. The molecule has 1 aromatic carbocycles. The number of esters is 1. The molecule has 1 aromatic rings. The monoisotopic (exact) mass is 251 g/mol. The lowest BCUT2D eigenvalue weighted by Crippen LogP contribution is -2.31. The second kappa shape index (κ2) is 7.84. The van der Waals surface area contributed by atoms with E-state index in [9.17, 15) is 4.79 Å². The van der Waals surface area contributed by atoms with E-state index in [1.165, 1.54) is 0 Å². The van der Waals surface area contributed by atoms with Crippen LogP contribution in [0.3, 0.4) is 0 Å². The molecule has 18 heavy (non-hydrogen) atoms. The van der Waals surface area contributed by atoms with Gasteiger partial charge in [-0.05, 0) is 12.6 Å². The summed E-state index contributed by atoms with van der Waals surface area (Å²) in [5, 5.41) is 8.78. The van der Waals surface area contributed by atoms with Gasteiger partial charge in [-0.1, -0.05) is 37.3 Å². The number of likely N-dealkylation sites (N-methyl/N-ethyl adjacent to an activating group) is 1. The van der Waals surface area contributed by atoms with Crippen molar-refractivity contribution in [1.82, 2.24) is 4.90 Å². The molecule has 0 amide bonds. The number of hydrogen-bond acceptors (Lipinski definition) is 4. The van der Waals surface area contributed by atoms with Crippen LogP contribution in [0.5, 0.6) is 0 Å². The van der Waals surface area contributed by atoms with Gasteiger partial charge in [0.15, 0.2) is 0 Å². The molecule has 0 fully saturated rings. The zero-order chi connectivity index (χ0) is 13.4. The normalized spacial score (nSPS) is 12.4. The topological polar surface area (TPSA) is 49.8 Å². The number of aliphatic hydroxyl groups is 1. The first-order valence-corrected chi connectivity index (χ1v) is 6.13. The van der Waals surface area contributed by atoms with Crippen LogP contribution < -0.4 is 0 Å². The van der Waals surface area contributed by atoms with E-state index in [4.69, 9.17) is 9.84 Å². The van der Waals surface area contributed by atoms with Crippen LogP contribution in [-0.4, -0.2) is 42.7 Å². The molecule has 1 rings (SSSR count). The minimum Gasteiger partial charge on any atom is -0.461 e. The van der Waals surface area contributed by atoms with E-state index in [0.717, 1.165) is 5.56 Å². The third-order valence-corrected chi connectivity index (χ3v) is 2.69. The molecule has 1 unspecified atom stereocenters. The van der Waals surface area contributed by atoms with Gasteiger partial charge >= 0.3 is 5.97 Å². The Balaban J connectivity index is 2.32. The average molecular weight is 251 g/mol. The zero-order valence-corrected chi connectivity index (χ0v) is 11.0. The maximum absolute atomic E-state index is 11.7. The number of carbonyl (C=O) groups is 1. The van der Waals surface area contributed by atoms with Crippen molar-refractivity contribution in [2.24, 2.45) is 5.92 Å². The first-order valence-electron chi connectivity index (χ1n) is 6.13. The van der Waals surface area contributed by atoms with Gasteiger partial charge in [-0.2, -0.15) is 0 Å². The van der Waals surface area contributed by atoms with Crippen LogP contribution in [0.1, 0.15) is 12.5 Å². The van der Waals surface area contributed by atoms with Crippen molar-refractivity contribution in [1.29, 1.82) is 0 Å². The van der Waals surface area contributed by atoms with Crippen molar-refractivity contribution in [2.45, 2.75) is 13.5 Å². The molecule has 1 N–H and O–H groups in total. The predicted molar refractivity (Wildman–Crippen MR) is 70.0 cm³/mol. The number of ether oxygens (including phenoxy) is 1. The minimum atomic E-state index is -0.205. The van der Waals surface area contributed by atoms with E-state index in [-0.39, 0.29) is 18.5 Å². The van der Waals surface area contributed by atoms with E-state index in [2.05, 4.69) is 0 Å². The van der Waals surface area contributed by atoms with Gasteiger partial charge in [-0.3, -0.25) is 4.79 Å². The highest BCUT2D eigenvalue weighted by atomic mass is 16.5. The summed E-state index contributed by atoms with van der Waals surface area (Å²) >= 11 is 0. The molecule has 0 aliphatic rings. The Morgan fingerprint density at radius 2 is 2.06 bits per heavy atom. The fourth-order valence-electron chi connectivity index (χ4n) is 1.68. The van der Waals surface area contributed by atoms with Crippen LogP contribution in [0.15, 0.2) is 30.3 Å². The first kappa shape index (κ1) is 14.7. The summed E-state index contributed by atoms with van der Waals surface area (Å²) in [5.41, 5.74) is 0.988. The Morgan fingerprint density at radius 1 is 1.39 bits per heavy atom. The summed E-state index contributed by atoms with van der Waals surface area (Å²) in [6, 6.07) is 9.62.